The van der Waals surface area contributed by atoms with Crippen molar-refractivity contribution in [1.29, 1.82) is 0 Å². The molecule has 0 bridgehead atoms. The molecule has 0 amide bonds. The Hall–Kier alpha value is -5.95. The fourth-order valence-corrected chi connectivity index (χ4v) is 9.75. The van der Waals surface area contributed by atoms with Gasteiger partial charge < -0.3 is 10.0 Å². The third-order valence-corrected chi connectivity index (χ3v) is 15.4. The Morgan fingerprint density at radius 1 is 0.408 bits per heavy atom. The Labute approximate surface area is 460 Å². The first-order chi connectivity index (χ1) is 36.1. The first-order valence-electron chi connectivity index (χ1n) is 26.0. The molecule has 396 valence electrons. The molecule has 8 rings (SSSR count). The van der Waals surface area contributed by atoms with Gasteiger partial charge in [-0.3, -0.25) is 0 Å². The van der Waals surface area contributed by atoms with E-state index in [-0.39, 0.29) is 31.4 Å². The monoisotopic (exact) mass is 1140 g/mol. The zero-order valence-electron chi connectivity index (χ0n) is 45.2. The van der Waals surface area contributed by atoms with E-state index in [0.29, 0.717) is 28.1 Å². The third-order valence-electron chi connectivity index (χ3n) is 14.6. The molecule has 10 heteroatoms. The van der Waals surface area contributed by atoms with E-state index in [4.69, 9.17) is 0 Å². The molecule has 0 heterocycles. The van der Waals surface area contributed by atoms with Crippen LogP contribution in [0.5, 0.6) is 0 Å². The lowest BCUT2D eigenvalue weighted by atomic mass is 9.77. The van der Waals surface area contributed by atoms with Crippen molar-refractivity contribution >= 4 is 35.2 Å². The summed E-state index contributed by atoms with van der Waals surface area (Å²) in [6.45, 7) is 21.0. The maximum atomic E-state index is 15.3. The Morgan fingerprint density at radius 2 is 0.750 bits per heavy atom. The van der Waals surface area contributed by atoms with Crippen molar-refractivity contribution in [1.82, 2.24) is 0 Å². The smallest absolute Gasteiger partial charge is 0.423 e. The van der Waals surface area contributed by atoms with Gasteiger partial charge in [-0.15, -0.1) is 0 Å². The zero-order valence-corrected chi connectivity index (χ0v) is 47.4. The summed E-state index contributed by atoms with van der Waals surface area (Å²) in [5.74, 6) is -3.75. The Kier molecular flexibility index (Phi) is 21.0. The predicted molar refractivity (Wildman–Crippen MR) is 313 cm³/mol. The molecule has 0 saturated carbocycles. The van der Waals surface area contributed by atoms with Gasteiger partial charge in [0.1, 0.15) is 11.6 Å². The van der Waals surface area contributed by atoms with E-state index < -0.39 is 42.0 Å². The minimum absolute atomic E-state index is 0.0431. The summed E-state index contributed by atoms with van der Waals surface area (Å²) in [5, 5.41) is 18.4. The van der Waals surface area contributed by atoms with Crippen LogP contribution >= 0.6 is 22.6 Å². The first kappa shape index (κ1) is 59.3. The Balaban J connectivity index is 0.000000201. The van der Waals surface area contributed by atoms with Crippen LogP contribution in [0, 0.1) is 91.9 Å². The summed E-state index contributed by atoms with van der Waals surface area (Å²) >= 11 is 1.70. The second-order valence-electron chi connectivity index (χ2n) is 20.3. The highest BCUT2D eigenvalue weighted by molar-refractivity contribution is 14.1. The van der Waals surface area contributed by atoms with Crippen molar-refractivity contribution in [3.8, 4) is 55.6 Å². The molecule has 0 aliphatic rings. The quantitative estimate of drug-likeness (QED) is 0.0493. The predicted octanol–water partition coefficient (Wildman–Crippen LogP) is 18.3. The van der Waals surface area contributed by atoms with Crippen LogP contribution in [0.1, 0.15) is 97.9 Å². The van der Waals surface area contributed by atoms with Gasteiger partial charge in [-0.2, -0.15) is 0 Å². The fourth-order valence-electron chi connectivity index (χ4n) is 9.34. The maximum absolute atomic E-state index is 15.3. The zero-order chi connectivity index (χ0) is 55.5. The van der Waals surface area contributed by atoms with Crippen molar-refractivity contribution in [3.05, 3.63) is 216 Å². The summed E-state index contributed by atoms with van der Waals surface area (Å²) in [5.41, 5.74) is 13.8. The second-order valence-corrected chi connectivity index (χ2v) is 21.5. The normalized spacial score (nSPS) is 11.8. The lowest BCUT2D eigenvalue weighted by molar-refractivity contribution is 0.425. The highest BCUT2D eigenvalue weighted by Crippen LogP contribution is 2.37. The van der Waals surface area contributed by atoms with Gasteiger partial charge in [0.25, 0.3) is 0 Å². The van der Waals surface area contributed by atoms with E-state index in [1.807, 2.05) is 114 Å². The molecule has 0 saturated heterocycles. The number of halogens is 7. The molecule has 2 nitrogen and oxygen atoms in total. The highest BCUT2D eigenvalue weighted by atomic mass is 127. The molecular weight excluding hydrogens is 1080 g/mol. The van der Waals surface area contributed by atoms with Gasteiger partial charge in [0.2, 0.25) is 0 Å². The molecule has 0 radical (unpaired) electrons. The SMILES string of the molecule is CC[C@H](C)CCc1c(C)cc(-c2ccc(-c3ccc(-c4ccc(C)cc4)cc3F)c(F)c2F)cc1C.CC[C@H](C)CCc1c(C)cc(B(O)O)cc1C.Cc1ccc(-c2ccc(-c3ccc(I)c(F)c3F)c(F)c2)cc1. The van der Waals surface area contributed by atoms with E-state index in [1.165, 1.54) is 66.4 Å². The van der Waals surface area contributed by atoms with Crippen molar-refractivity contribution in [2.75, 3.05) is 0 Å². The van der Waals surface area contributed by atoms with E-state index >= 15 is 13.2 Å². The van der Waals surface area contributed by atoms with Gasteiger partial charge in [-0.25, -0.2) is 26.3 Å². The van der Waals surface area contributed by atoms with Gasteiger partial charge >= 0.3 is 7.12 Å². The highest BCUT2D eigenvalue weighted by Gasteiger charge is 2.21. The largest absolute Gasteiger partial charge is 0.488 e. The van der Waals surface area contributed by atoms with Crippen LogP contribution in [0.15, 0.2) is 133 Å². The lowest BCUT2D eigenvalue weighted by Crippen LogP contribution is -2.30. The lowest BCUT2D eigenvalue weighted by Gasteiger charge is -2.16. The summed E-state index contributed by atoms with van der Waals surface area (Å²) < 4.78 is 88.0. The second kappa shape index (κ2) is 26.9. The molecule has 0 aliphatic carbocycles. The molecule has 0 fully saturated rings. The Morgan fingerprint density at radius 3 is 1.14 bits per heavy atom. The molecule has 8 aromatic carbocycles. The van der Waals surface area contributed by atoms with E-state index in [0.717, 1.165) is 76.1 Å². The van der Waals surface area contributed by atoms with Crippen LogP contribution in [-0.4, -0.2) is 17.2 Å². The van der Waals surface area contributed by atoms with Crippen LogP contribution in [-0.2, 0) is 12.8 Å². The minimum Gasteiger partial charge on any atom is -0.423 e. The average molecular weight is 1140 g/mol. The van der Waals surface area contributed by atoms with Crippen LogP contribution < -0.4 is 5.46 Å². The van der Waals surface area contributed by atoms with Crippen LogP contribution in [0.25, 0.3) is 55.6 Å². The van der Waals surface area contributed by atoms with Gasteiger partial charge in [0.15, 0.2) is 23.3 Å². The number of benzene rings is 8. The molecule has 8 aromatic rings. The van der Waals surface area contributed by atoms with Crippen LogP contribution in [0.3, 0.4) is 0 Å². The van der Waals surface area contributed by atoms with Crippen molar-refractivity contribution in [2.24, 2.45) is 11.8 Å². The topological polar surface area (TPSA) is 40.5 Å². The van der Waals surface area contributed by atoms with Gasteiger partial charge in [-0.05, 0) is 187 Å². The third kappa shape index (κ3) is 14.7. The average Bonchev–Trinajstić information content (AvgIpc) is 3.40. The van der Waals surface area contributed by atoms with Crippen molar-refractivity contribution in [3.63, 3.8) is 0 Å². The van der Waals surface area contributed by atoms with E-state index in [9.17, 15) is 23.2 Å². The standard InChI is InChI=1S/C33H33F3.C19H12F3I.C14H23BO2/c1-6-20(2)9-13-27-22(4)17-26(18-23(27)5)28-15-16-30(33(36)32(28)35)29-14-12-25(19-31(29)34)24-10-7-21(3)8-11-24;1-11-2-4-12(5-3-11)13-6-7-14(16(20)10-13)15-8-9-17(23)19(22)18(15)21;1-5-10(2)6-7-14-11(3)8-13(15(16)17)9-12(14)4/h7-8,10-12,14-20H,6,9,13H2,1-5H3;2-10H,1H3;8-10,16-17H,5-7H2,1-4H3/t20-;;10-/m0.0/s1. The van der Waals surface area contributed by atoms with Crippen LogP contribution in [0.2, 0.25) is 0 Å². The maximum Gasteiger partial charge on any atom is 0.488 e. The molecule has 2 atom stereocenters. The van der Waals surface area contributed by atoms with Crippen LogP contribution in [0.4, 0.5) is 26.3 Å². The number of hydrogen-bond donors (Lipinski definition) is 2. The Bertz CT molecular complexity index is 3230. The van der Waals surface area contributed by atoms with E-state index in [1.54, 1.807) is 40.8 Å². The fraction of sp³-hybridized carbons (Fsp3) is 0.273. The van der Waals surface area contributed by atoms with Crippen molar-refractivity contribution < 1.29 is 36.4 Å². The molecular formula is C66H68BF6IO2. The summed E-state index contributed by atoms with van der Waals surface area (Å²) in [6.07, 6.45) is 6.70. The molecule has 0 unspecified atom stereocenters. The molecule has 76 heavy (non-hydrogen) atoms. The molecule has 0 aromatic heterocycles. The summed E-state index contributed by atoms with van der Waals surface area (Å²) in [4.78, 5) is 0. The number of hydrogen-bond acceptors (Lipinski definition) is 2. The van der Waals surface area contributed by atoms with Gasteiger partial charge in [-0.1, -0.05) is 167 Å². The van der Waals surface area contributed by atoms with Gasteiger partial charge in [0, 0.05) is 27.8 Å². The molecule has 0 aliphatic heterocycles. The number of rotatable bonds is 14. The first-order valence-corrected chi connectivity index (χ1v) is 27.1. The summed E-state index contributed by atoms with van der Waals surface area (Å²) in [7, 11) is -1.36. The van der Waals surface area contributed by atoms with Crippen molar-refractivity contribution in [2.45, 2.75) is 108 Å². The summed E-state index contributed by atoms with van der Waals surface area (Å²) in [6, 6.07) is 38.0. The van der Waals surface area contributed by atoms with E-state index in [2.05, 4.69) is 27.7 Å². The number of aryl methyl sites for hydroxylation is 6. The minimum atomic E-state index is -1.36. The molecule has 2 N–H and O–H groups in total. The molecule has 0 spiro atoms. The van der Waals surface area contributed by atoms with Gasteiger partial charge in [0.05, 0.1) is 3.57 Å².